The Hall–Kier alpha value is -3.06. The van der Waals surface area contributed by atoms with E-state index in [1.807, 2.05) is 56.5 Å². The van der Waals surface area contributed by atoms with Crippen LogP contribution in [-0.2, 0) is 16.1 Å². The molecule has 0 atom stereocenters. The Kier molecular flexibility index (Phi) is 7.17. The van der Waals surface area contributed by atoms with Crippen molar-refractivity contribution in [3.8, 4) is 11.3 Å². The normalized spacial score (nSPS) is 11.2. The lowest BCUT2D eigenvalue weighted by Gasteiger charge is -2.21. The molecule has 3 rings (SSSR count). The highest BCUT2D eigenvalue weighted by Gasteiger charge is 2.23. The van der Waals surface area contributed by atoms with Crippen LogP contribution in [0.15, 0.2) is 60.0 Å². The first-order valence-corrected chi connectivity index (χ1v) is 11.0. The minimum atomic E-state index is -0.508. The SMILES string of the molecule is CC(C)(C)C(=O)NCCC(=O)N(Cc1ccccc1)c1nc(-c2ccc(F)cc2)cs1. The third-order valence-electron chi connectivity index (χ3n) is 4.65. The number of anilines is 1. The summed E-state index contributed by atoms with van der Waals surface area (Å²) >= 11 is 1.36. The quantitative estimate of drug-likeness (QED) is 0.561. The van der Waals surface area contributed by atoms with E-state index >= 15 is 0 Å². The molecule has 0 aliphatic carbocycles. The molecule has 0 fully saturated rings. The van der Waals surface area contributed by atoms with Gasteiger partial charge in [-0.3, -0.25) is 14.5 Å². The van der Waals surface area contributed by atoms with Gasteiger partial charge in [0.2, 0.25) is 11.8 Å². The number of benzene rings is 2. The molecule has 2 amide bonds. The van der Waals surface area contributed by atoms with E-state index in [9.17, 15) is 14.0 Å². The number of nitrogens with one attached hydrogen (secondary N) is 1. The van der Waals surface area contributed by atoms with Gasteiger partial charge in [-0.15, -0.1) is 11.3 Å². The number of amides is 2. The fourth-order valence-corrected chi connectivity index (χ4v) is 3.70. The van der Waals surface area contributed by atoms with Gasteiger partial charge in [0, 0.05) is 29.3 Å². The number of hydrogen-bond acceptors (Lipinski definition) is 4. The van der Waals surface area contributed by atoms with Gasteiger partial charge in [-0.05, 0) is 29.8 Å². The summed E-state index contributed by atoms with van der Waals surface area (Å²) < 4.78 is 13.2. The monoisotopic (exact) mass is 439 g/mol. The predicted molar refractivity (Wildman–Crippen MR) is 122 cm³/mol. The minimum absolute atomic E-state index is 0.0947. The second kappa shape index (κ2) is 9.83. The molecular formula is C24H26FN3O2S. The first-order chi connectivity index (χ1) is 14.7. The van der Waals surface area contributed by atoms with Crippen molar-refractivity contribution in [2.24, 2.45) is 5.41 Å². The number of carbonyl (C=O) groups excluding carboxylic acids is 2. The maximum Gasteiger partial charge on any atom is 0.230 e. The number of hydrogen-bond donors (Lipinski definition) is 1. The van der Waals surface area contributed by atoms with E-state index in [-0.39, 0.29) is 30.6 Å². The molecule has 0 radical (unpaired) electrons. The fourth-order valence-electron chi connectivity index (χ4n) is 2.85. The third kappa shape index (κ3) is 6.21. The summed E-state index contributed by atoms with van der Waals surface area (Å²) in [7, 11) is 0. The zero-order valence-corrected chi connectivity index (χ0v) is 18.7. The molecule has 0 aliphatic heterocycles. The maximum absolute atomic E-state index is 13.2. The van der Waals surface area contributed by atoms with Gasteiger partial charge in [0.1, 0.15) is 5.82 Å². The molecule has 0 aliphatic rings. The fraction of sp³-hybridized carbons (Fsp3) is 0.292. The summed E-state index contributed by atoms with van der Waals surface area (Å²) in [6, 6.07) is 15.8. The molecular weight excluding hydrogens is 413 g/mol. The predicted octanol–water partition coefficient (Wildman–Crippen LogP) is 5.03. The van der Waals surface area contributed by atoms with Crippen molar-refractivity contribution in [1.29, 1.82) is 0 Å². The maximum atomic E-state index is 13.2. The van der Waals surface area contributed by atoms with Gasteiger partial charge in [0.25, 0.3) is 0 Å². The van der Waals surface area contributed by atoms with E-state index in [1.54, 1.807) is 17.0 Å². The number of nitrogens with zero attached hydrogens (tertiary/aromatic N) is 2. The smallest absolute Gasteiger partial charge is 0.230 e. The molecule has 0 saturated carbocycles. The van der Waals surface area contributed by atoms with Crippen molar-refractivity contribution in [3.63, 3.8) is 0 Å². The van der Waals surface area contributed by atoms with Crippen LogP contribution in [0.3, 0.4) is 0 Å². The summed E-state index contributed by atoms with van der Waals surface area (Å²) in [6.07, 6.45) is 0.167. The molecule has 2 aromatic carbocycles. The summed E-state index contributed by atoms with van der Waals surface area (Å²) in [5.74, 6) is -0.529. The number of rotatable bonds is 7. The zero-order valence-electron chi connectivity index (χ0n) is 17.9. The lowest BCUT2D eigenvalue weighted by molar-refractivity contribution is -0.128. The standard InChI is InChI=1S/C24H26FN3O2S/c1-24(2,3)22(30)26-14-13-21(29)28(15-17-7-5-4-6-8-17)23-27-20(16-31-23)18-9-11-19(25)12-10-18/h4-12,16H,13-15H2,1-3H3,(H,26,30). The summed E-state index contributed by atoms with van der Waals surface area (Å²) in [6.45, 7) is 6.13. The van der Waals surface area contributed by atoms with Gasteiger partial charge in [0.05, 0.1) is 12.2 Å². The average molecular weight is 440 g/mol. The van der Waals surface area contributed by atoms with Gasteiger partial charge in [-0.2, -0.15) is 0 Å². The van der Waals surface area contributed by atoms with Gasteiger partial charge >= 0.3 is 0 Å². The van der Waals surface area contributed by atoms with Crippen LogP contribution in [0.1, 0.15) is 32.8 Å². The Bertz CT molecular complexity index is 1030. The van der Waals surface area contributed by atoms with Crippen molar-refractivity contribution in [3.05, 3.63) is 71.4 Å². The van der Waals surface area contributed by atoms with Gasteiger partial charge in [-0.1, -0.05) is 51.1 Å². The molecule has 31 heavy (non-hydrogen) atoms. The van der Waals surface area contributed by atoms with Crippen molar-refractivity contribution in [1.82, 2.24) is 10.3 Å². The Labute approximate surface area is 185 Å². The number of aromatic nitrogens is 1. The second-order valence-corrected chi connectivity index (χ2v) is 9.08. The van der Waals surface area contributed by atoms with Crippen molar-refractivity contribution in [2.45, 2.75) is 33.7 Å². The Morgan fingerprint density at radius 2 is 1.74 bits per heavy atom. The molecule has 1 heterocycles. The lowest BCUT2D eigenvalue weighted by atomic mass is 9.96. The van der Waals surface area contributed by atoms with Gasteiger partial charge < -0.3 is 5.32 Å². The molecule has 7 heteroatoms. The molecule has 0 saturated heterocycles. The van der Waals surface area contributed by atoms with Gasteiger partial charge in [0.15, 0.2) is 5.13 Å². The largest absolute Gasteiger partial charge is 0.355 e. The zero-order chi connectivity index (χ0) is 22.4. The van der Waals surface area contributed by atoms with Crippen LogP contribution in [0.5, 0.6) is 0 Å². The van der Waals surface area contributed by atoms with Crippen molar-refractivity contribution >= 4 is 28.3 Å². The topological polar surface area (TPSA) is 62.3 Å². The molecule has 1 N–H and O–H groups in total. The highest BCUT2D eigenvalue weighted by atomic mass is 32.1. The Morgan fingerprint density at radius 1 is 1.06 bits per heavy atom. The van der Waals surface area contributed by atoms with E-state index in [1.165, 1.54) is 23.5 Å². The highest BCUT2D eigenvalue weighted by Crippen LogP contribution is 2.29. The van der Waals surface area contributed by atoms with Crippen molar-refractivity contribution in [2.75, 3.05) is 11.4 Å². The average Bonchev–Trinajstić information content (AvgIpc) is 3.22. The van der Waals surface area contributed by atoms with Crippen LogP contribution in [0.25, 0.3) is 11.3 Å². The lowest BCUT2D eigenvalue weighted by Crippen LogP contribution is -2.38. The molecule has 1 aromatic heterocycles. The molecule has 3 aromatic rings. The first kappa shape index (κ1) is 22.6. The van der Waals surface area contributed by atoms with Crippen LogP contribution in [0.2, 0.25) is 0 Å². The van der Waals surface area contributed by atoms with Crippen LogP contribution in [-0.4, -0.2) is 23.3 Å². The summed E-state index contributed by atoms with van der Waals surface area (Å²) in [5.41, 5.74) is 1.94. The summed E-state index contributed by atoms with van der Waals surface area (Å²) in [5, 5.41) is 5.24. The molecule has 162 valence electrons. The Balaban J connectivity index is 1.77. The van der Waals surface area contributed by atoms with Crippen molar-refractivity contribution < 1.29 is 14.0 Å². The van der Waals surface area contributed by atoms with Crippen LogP contribution in [0, 0.1) is 11.2 Å². The second-order valence-electron chi connectivity index (χ2n) is 8.24. The van der Waals surface area contributed by atoms with Crippen LogP contribution in [0.4, 0.5) is 9.52 Å². The van der Waals surface area contributed by atoms with Crippen LogP contribution < -0.4 is 10.2 Å². The molecule has 5 nitrogen and oxygen atoms in total. The van der Waals surface area contributed by atoms with E-state index in [2.05, 4.69) is 10.3 Å². The van der Waals surface area contributed by atoms with E-state index in [0.717, 1.165) is 11.1 Å². The van der Waals surface area contributed by atoms with E-state index < -0.39 is 5.41 Å². The first-order valence-electron chi connectivity index (χ1n) is 10.1. The number of halogens is 1. The molecule has 0 unspecified atom stereocenters. The Morgan fingerprint density at radius 3 is 2.39 bits per heavy atom. The molecule has 0 spiro atoms. The van der Waals surface area contributed by atoms with E-state index in [0.29, 0.717) is 17.4 Å². The molecule has 0 bridgehead atoms. The van der Waals surface area contributed by atoms with Gasteiger partial charge in [-0.25, -0.2) is 9.37 Å². The number of carbonyl (C=O) groups is 2. The summed E-state index contributed by atoms with van der Waals surface area (Å²) in [4.78, 5) is 31.4. The van der Waals surface area contributed by atoms with Crippen LogP contribution >= 0.6 is 11.3 Å². The highest BCUT2D eigenvalue weighted by molar-refractivity contribution is 7.14. The third-order valence-corrected chi connectivity index (χ3v) is 5.52. The number of thiazole rings is 1. The van der Waals surface area contributed by atoms with E-state index in [4.69, 9.17) is 0 Å². The minimum Gasteiger partial charge on any atom is -0.355 e.